The van der Waals surface area contributed by atoms with Crippen LogP contribution in [0.5, 0.6) is 0 Å². The van der Waals surface area contributed by atoms with Crippen LogP contribution in [0.3, 0.4) is 0 Å². The summed E-state index contributed by atoms with van der Waals surface area (Å²) < 4.78 is 47.1. The third kappa shape index (κ3) is 3.77. The van der Waals surface area contributed by atoms with E-state index in [2.05, 4.69) is 5.32 Å². The number of Topliss-reactive ketones (excluding diaryl/α,β-unsaturated/α-hetero) is 1. The first kappa shape index (κ1) is 20.7. The molecule has 1 N–H and O–H groups in total. The molecule has 1 aromatic rings. The average Bonchev–Trinajstić information content (AvgIpc) is 3.19. The van der Waals surface area contributed by atoms with Gasteiger partial charge in [-0.15, -0.1) is 0 Å². The number of dihydropyridines is 1. The van der Waals surface area contributed by atoms with Gasteiger partial charge in [-0.1, -0.05) is 18.2 Å². The minimum Gasteiger partial charge on any atom is -0.459 e. The molecule has 0 spiro atoms. The largest absolute Gasteiger partial charge is 0.459 e. The number of ketones is 1. The number of alkyl halides is 3. The lowest BCUT2D eigenvalue weighted by Gasteiger charge is -2.35. The molecule has 4 nitrogen and oxygen atoms in total. The van der Waals surface area contributed by atoms with E-state index in [1.807, 2.05) is 0 Å². The molecule has 7 heteroatoms. The smallest absolute Gasteiger partial charge is 0.416 e. The summed E-state index contributed by atoms with van der Waals surface area (Å²) in [5, 5.41) is 3.12. The summed E-state index contributed by atoms with van der Waals surface area (Å²) in [4.78, 5) is 26.0. The molecular weight excluding hydrogens is 395 g/mol. The maximum absolute atomic E-state index is 13.8. The third-order valence-electron chi connectivity index (χ3n) is 6.15. The molecule has 3 aliphatic rings. The Balaban J connectivity index is 1.85. The normalized spacial score (nSPS) is 22.8. The van der Waals surface area contributed by atoms with Gasteiger partial charge in [-0.05, 0) is 57.1 Å². The summed E-state index contributed by atoms with van der Waals surface area (Å²) in [6.07, 6.45) is 0.0498. The zero-order valence-electron chi connectivity index (χ0n) is 16.8. The highest BCUT2D eigenvalue weighted by Gasteiger charge is 2.44. The Labute approximate surface area is 173 Å². The van der Waals surface area contributed by atoms with E-state index in [0.29, 0.717) is 24.2 Å². The van der Waals surface area contributed by atoms with Crippen molar-refractivity contribution in [2.75, 3.05) is 0 Å². The van der Waals surface area contributed by atoms with Gasteiger partial charge in [-0.25, -0.2) is 4.79 Å². The van der Waals surface area contributed by atoms with Gasteiger partial charge in [0.15, 0.2) is 5.78 Å². The first-order valence-corrected chi connectivity index (χ1v) is 10.4. The van der Waals surface area contributed by atoms with Crippen LogP contribution in [0.1, 0.15) is 68.9 Å². The maximum atomic E-state index is 13.8. The van der Waals surface area contributed by atoms with Crippen LogP contribution >= 0.6 is 0 Å². The fourth-order valence-electron chi connectivity index (χ4n) is 4.79. The van der Waals surface area contributed by atoms with Crippen molar-refractivity contribution in [3.05, 3.63) is 57.9 Å². The SMILES string of the molecule is CC1=C(C(=O)OC2CCCC2)C(c2ccccc2C(F)(F)F)C2=C(CCCC2=O)N1. The van der Waals surface area contributed by atoms with Crippen LogP contribution in [0.15, 0.2) is 46.8 Å². The Hall–Kier alpha value is -2.57. The van der Waals surface area contributed by atoms with Gasteiger partial charge in [0.25, 0.3) is 0 Å². The lowest BCUT2D eigenvalue weighted by Crippen LogP contribution is -2.35. The predicted octanol–water partition coefficient (Wildman–Crippen LogP) is 5.16. The minimum absolute atomic E-state index is 0.0769. The number of carbonyl (C=O) groups excluding carboxylic acids is 2. The minimum atomic E-state index is -4.60. The van der Waals surface area contributed by atoms with Gasteiger partial charge in [0.05, 0.1) is 11.1 Å². The van der Waals surface area contributed by atoms with E-state index in [0.717, 1.165) is 31.7 Å². The zero-order chi connectivity index (χ0) is 21.5. The molecule has 30 heavy (non-hydrogen) atoms. The van der Waals surface area contributed by atoms with Crippen LogP contribution in [0.25, 0.3) is 0 Å². The van der Waals surface area contributed by atoms with Crippen LogP contribution in [-0.4, -0.2) is 17.9 Å². The monoisotopic (exact) mass is 419 g/mol. The number of esters is 1. The summed E-state index contributed by atoms with van der Waals surface area (Å²) in [5.41, 5.74) is 0.527. The maximum Gasteiger partial charge on any atom is 0.416 e. The first-order valence-electron chi connectivity index (χ1n) is 10.4. The van der Waals surface area contributed by atoms with Gasteiger partial charge in [-0.2, -0.15) is 13.2 Å². The van der Waals surface area contributed by atoms with Gasteiger partial charge in [0.2, 0.25) is 0 Å². The highest BCUT2D eigenvalue weighted by atomic mass is 19.4. The fraction of sp³-hybridized carbons (Fsp3) is 0.478. The topological polar surface area (TPSA) is 55.4 Å². The molecule has 0 bridgehead atoms. The molecule has 1 saturated carbocycles. The molecule has 0 radical (unpaired) electrons. The molecule has 1 heterocycles. The highest BCUT2D eigenvalue weighted by Crippen LogP contribution is 2.46. The molecule has 0 saturated heterocycles. The number of carbonyl (C=O) groups is 2. The van der Waals surface area contributed by atoms with Crippen molar-refractivity contribution in [3.8, 4) is 0 Å². The molecule has 1 fully saturated rings. The summed E-state index contributed by atoms with van der Waals surface area (Å²) in [7, 11) is 0. The Morgan fingerprint density at radius 1 is 1.10 bits per heavy atom. The third-order valence-corrected chi connectivity index (χ3v) is 6.15. The molecule has 2 aliphatic carbocycles. The summed E-state index contributed by atoms with van der Waals surface area (Å²) in [6.45, 7) is 1.66. The summed E-state index contributed by atoms with van der Waals surface area (Å²) >= 11 is 0. The number of halogens is 3. The van der Waals surface area contributed by atoms with Crippen molar-refractivity contribution in [2.24, 2.45) is 0 Å². The number of rotatable bonds is 3. The van der Waals surface area contributed by atoms with Crippen molar-refractivity contribution in [1.82, 2.24) is 5.32 Å². The molecule has 4 rings (SSSR count). The molecule has 1 aromatic carbocycles. The van der Waals surface area contributed by atoms with Gasteiger partial charge in [-0.3, -0.25) is 4.79 Å². The van der Waals surface area contributed by atoms with Crippen LogP contribution in [0.2, 0.25) is 0 Å². The second kappa shape index (κ2) is 7.93. The van der Waals surface area contributed by atoms with E-state index in [-0.39, 0.29) is 35.0 Å². The van der Waals surface area contributed by atoms with Crippen molar-refractivity contribution in [2.45, 2.75) is 70.1 Å². The van der Waals surface area contributed by atoms with E-state index in [4.69, 9.17) is 4.74 Å². The second-order valence-corrected chi connectivity index (χ2v) is 8.16. The lowest BCUT2D eigenvalue weighted by molar-refractivity contribution is -0.145. The number of hydrogen-bond acceptors (Lipinski definition) is 4. The second-order valence-electron chi connectivity index (χ2n) is 8.16. The predicted molar refractivity (Wildman–Crippen MR) is 104 cm³/mol. The Morgan fingerprint density at radius 2 is 1.80 bits per heavy atom. The molecule has 0 amide bonds. The van der Waals surface area contributed by atoms with Crippen molar-refractivity contribution in [3.63, 3.8) is 0 Å². The Kier molecular flexibility index (Phi) is 5.47. The molecule has 1 atom stereocenters. The quantitative estimate of drug-likeness (QED) is 0.688. The Bertz CT molecular complexity index is 939. The van der Waals surface area contributed by atoms with Crippen LogP contribution in [0, 0.1) is 0 Å². The van der Waals surface area contributed by atoms with E-state index in [1.54, 1.807) is 6.92 Å². The number of nitrogens with one attached hydrogen (secondary N) is 1. The van der Waals surface area contributed by atoms with Gasteiger partial charge in [0.1, 0.15) is 6.10 Å². The van der Waals surface area contributed by atoms with E-state index >= 15 is 0 Å². The van der Waals surface area contributed by atoms with Crippen molar-refractivity contribution < 1.29 is 27.5 Å². The standard InChI is InChI=1S/C23H24F3NO3/c1-13-19(22(29)30-14-7-2-3-8-14)20(21-17(27-13)11-6-12-18(21)28)15-9-4-5-10-16(15)23(24,25)26/h4-5,9-10,14,20,27H,2-3,6-8,11-12H2,1H3. The van der Waals surface area contributed by atoms with Gasteiger partial charge in [0, 0.05) is 29.3 Å². The summed E-state index contributed by atoms with van der Waals surface area (Å²) in [5.74, 6) is -1.94. The fourth-order valence-corrected chi connectivity index (χ4v) is 4.79. The lowest BCUT2D eigenvalue weighted by atomic mass is 9.74. The molecule has 1 unspecified atom stereocenters. The van der Waals surface area contributed by atoms with Gasteiger partial charge >= 0.3 is 12.1 Å². The summed E-state index contributed by atoms with van der Waals surface area (Å²) in [6, 6.07) is 5.19. The van der Waals surface area contributed by atoms with Crippen molar-refractivity contribution >= 4 is 11.8 Å². The van der Waals surface area contributed by atoms with E-state index in [1.165, 1.54) is 18.2 Å². The zero-order valence-corrected chi connectivity index (χ0v) is 16.8. The van der Waals surface area contributed by atoms with Gasteiger partial charge < -0.3 is 10.1 Å². The highest BCUT2D eigenvalue weighted by molar-refractivity contribution is 6.03. The first-order chi connectivity index (χ1) is 14.3. The van der Waals surface area contributed by atoms with Crippen LogP contribution < -0.4 is 5.32 Å². The Morgan fingerprint density at radius 3 is 2.50 bits per heavy atom. The van der Waals surface area contributed by atoms with Crippen LogP contribution in [-0.2, 0) is 20.5 Å². The van der Waals surface area contributed by atoms with E-state index in [9.17, 15) is 22.8 Å². The average molecular weight is 419 g/mol. The number of ether oxygens (including phenoxy) is 1. The molecule has 1 aliphatic heterocycles. The number of hydrogen-bond donors (Lipinski definition) is 1. The van der Waals surface area contributed by atoms with Crippen molar-refractivity contribution in [1.29, 1.82) is 0 Å². The van der Waals surface area contributed by atoms with Crippen LogP contribution in [0.4, 0.5) is 13.2 Å². The van der Waals surface area contributed by atoms with E-state index < -0.39 is 23.6 Å². The molecule has 0 aromatic heterocycles. The number of allylic oxidation sites excluding steroid dienone is 3. The molecular formula is C23H24F3NO3. The molecule has 160 valence electrons. The number of benzene rings is 1.